The fourth-order valence-corrected chi connectivity index (χ4v) is 2.04. The number of carbonyl (C=O) groups excluding carboxylic acids is 1. The number of amides is 1. The van der Waals surface area contributed by atoms with Gasteiger partial charge in [-0.2, -0.15) is 0 Å². The first-order chi connectivity index (χ1) is 9.37. The lowest BCUT2D eigenvalue weighted by Gasteiger charge is -2.18. The van der Waals surface area contributed by atoms with Crippen LogP contribution >= 0.6 is 0 Å². The predicted octanol–water partition coefficient (Wildman–Crippen LogP) is 2.49. The highest BCUT2D eigenvalue weighted by atomic mass is 19.4. The maximum Gasteiger partial charge on any atom is 0.573 e. The van der Waals surface area contributed by atoms with Gasteiger partial charge < -0.3 is 14.8 Å². The lowest BCUT2D eigenvalue weighted by molar-refractivity contribution is -0.274. The van der Waals surface area contributed by atoms with Crippen LogP contribution in [0.4, 0.5) is 13.2 Å². The van der Waals surface area contributed by atoms with Gasteiger partial charge in [-0.15, -0.1) is 13.2 Å². The van der Waals surface area contributed by atoms with E-state index in [2.05, 4.69) is 10.1 Å². The van der Waals surface area contributed by atoms with Crippen molar-refractivity contribution in [1.82, 2.24) is 5.32 Å². The number of carbonyl (C=O) groups is 1. The summed E-state index contributed by atoms with van der Waals surface area (Å²) in [7, 11) is 0. The molecule has 1 aliphatic heterocycles. The maximum atomic E-state index is 12.3. The number of benzene rings is 1. The molecule has 4 nitrogen and oxygen atoms in total. The summed E-state index contributed by atoms with van der Waals surface area (Å²) < 4.78 is 46.0. The topological polar surface area (TPSA) is 47.6 Å². The molecular weight excluding hydrogens is 275 g/mol. The van der Waals surface area contributed by atoms with Gasteiger partial charge in [-0.05, 0) is 25.5 Å². The average molecular weight is 289 g/mol. The molecule has 0 unspecified atom stereocenters. The van der Waals surface area contributed by atoms with Crippen molar-refractivity contribution in [1.29, 1.82) is 0 Å². The van der Waals surface area contributed by atoms with Crippen LogP contribution in [0, 0.1) is 0 Å². The fraction of sp³-hybridized carbons (Fsp3) is 0.462. The van der Waals surface area contributed by atoms with Gasteiger partial charge in [0.05, 0.1) is 17.7 Å². The van der Waals surface area contributed by atoms with Crippen molar-refractivity contribution < 1.29 is 27.4 Å². The Kier molecular flexibility index (Phi) is 4.17. The van der Waals surface area contributed by atoms with E-state index < -0.39 is 18.0 Å². The Balaban J connectivity index is 2.13. The fourth-order valence-electron chi connectivity index (χ4n) is 2.04. The van der Waals surface area contributed by atoms with Crippen LogP contribution in [0.2, 0.25) is 0 Å². The SMILES string of the molecule is C[C@@H]1OCC[C@H]1NC(=O)c1ccccc1OC(F)(F)F. The number of hydrogen-bond donors (Lipinski definition) is 1. The van der Waals surface area contributed by atoms with Crippen LogP contribution < -0.4 is 10.1 Å². The van der Waals surface area contributed by atoms with E-state index in [1.807, 2.05) is 0 Å². The molecule has 0 saturated carbocycles. The Labute approximate surface area is 113 Å². The van der Waals surface area contributed by atoms with Gasteiger partial charge in [-0.1, -0.05) is 12.1 Å². The van der Waals surface area contributed by atoms with Gasteiger partial charge >= 0.3 is 6.36 Å². The number of nitrogens with one attached hydrogen (secondary N) is 1. The summed E-state index contributed by atoms with van der Waals surface area (Å²) in [5, 5.41) is 2.66. The standard InChI is InChI=1S/C13H14F3NO3/c1-8-10(6-7-19-8)17-12(18)9-4-2-3-5-11(9)20-13(14,15)16/h2-5,8,10H,6-7H2,1H3,(H,17,18)/t8-,10+/m0/s1. The Morgan fingerprint density at radius 3 is 2.70 bits per heavy atom. The van der Waals surface area contributed by atoms with Gasteiger partial charge in [0.2, 0.25) is 0 Å². The number of rotatable bonds is 3. The summed E-state index contributed by atoms with van der Waals surface area (Å²) in [4.78, 5) is 12.0. The van der Waals surface area contributed by atoms with Gasteiger partial charge in [-0.3, -0.25) is 4.79 Å². The zero-order valence-electron chi connectivity index (χ0n) is 10.7. The van der Waals surface area contributed by atoms with E-state index in [9.17, 15) is 18.0 Å². The molecular formula is C13H14F3NO3. The second kappa shape index (κ2) is 5.70. The summed E-state index contributed by atoms with van der Waals surface area (Å²) in [5.41, 5.74) is -0.149. The lowest BCUT2D eigenvalue weighted by atomic mass is 10.1. The van der Waals surface area contributed by atoms with E-state index in [1.54, 1.807) is 6.92 Å². The Hall–Kier alpha value is -1.76. The van der Waals surface area contributed by atoms with Crippen molar-refractivity contribution >= 4 is 5.91 Å². The summed E-state index contributed by atoms with van der Waals surface area (Å²) in [6, 6.07) is 5.04. The smallest absolute Gasteiger partial charge is 0.405 e. The normalized spacial score (nSPS) is 22.6. The monoisotopic (exact) mass is 289 g/mol. The summed E-state index contributed by atoms with van der Waals surface area (Å²) >= 11 is 0. The highest BCUT2D eigenvalue weighted by Gasteiger charge is 2.33. The quantitative estimate of drug-likeness (QED) is 0.930. The number of alkyl halides is 3. The minimum absolute atomic E-state index is 0.149. The molecule has 1 fully saturated rings. The first-order valence-corrected chi connectivity index (χ1v) is 6.14. The van der Waals surface area contributed by atoms with Crippen LogP contribution in [0.3, 0.4) is 0 Å². The van der Waals surface area contributed by atoms with Crippen LogP contribution in [0.5, 0.6) is 5.75 Å². The van der Waals surface area contributed by atoms with Crippen molar-refractivity contribution in [3.63, 3.8) is 0 Å². The van der Waals surface area contributed by atoms with Crippen molar-refractivity contribution in [3.05, 3.63) is 29.8 Å². The third-order valence-electron chi connectivity index (χ3n) is 3.05. The third-order valence-corrected chi connectivity index (χ3v) is 3.05. The molecule has 0 spiro atoms. The van der Waals surface area contributed by atoms with Crippen molar-refractivity contribution in [2.75, 3.05) is 6.61 Å². The van der Waals surface area contributed by atoms with Crippen LogP contribution in [-0.2, 0) is 4.74 Å². The molecule has 0 aliphatic carbocycles. The second-order valence-electron chi connectivity index (χ2n) is 4.49. The van der Waals surface area contributed by atoms with Crippen LogP contribution in [0.15, 0.2) is 24.3 Å². The Morgan fingerprint density at radius 1 is 1.40 bits per heavy atom. The molecule has 1 aromatic carbocycles. The predicted molar refractivity (Wildman–Crippen MR) is 64.4 cm³/mol. The first-order valence-electron chi connectivity index (χ1n) is 6.14. The number of ether oxygens (including phenoxy) is 2. The largest absolute Gasteiger partial charge is 0.573 e. The zero-order valence-corrected chi connectivity index (χ0v) is 10.7. The summed E-state index contributed by atoms with van der Waals surface area (Å²) in [6.07, 6.45) is -4.36. The molecule has 0 radical (unpaired) electrons. The van der Waals surface area contributed by atoms with Gasteiger partial charge in [0.15, 0.2) is 0 Å². The van der Waals surface area contributed by atoms with Crippen LogP contribution in [-0.4, -0.2) is 31.0 Å². The zero-order chi connectivity index (χ0) is 14.8. The summed E-state index contributed by atoms with van der Waals surface area (Å²) in [6.45, 7) is 2.32. The van der Waals surface area contributed by atoms with E-state index in [-0.39, 0.29) is 17.7 Å². The second-order valence-corrected chi connectivity index (χ2v) is 4.49. The molecule has 1 N–H and O–H groups in total. The summed E-state index contributed by atoms with van der Waals surface area (Å²) in [5.74, 6) is -1.11. The van der Waals surface area contributed by atoms with E-state index in [0.717, 1.165) is 6.07 Å². The average Bonchev–Trinajstić information content (AvgIpc) is 2.73. The van der Waals surface area contributed by atoms with Crippen molar-refractivity contribution in [3.8, 4) is 5.75 Å². The van der Waals surface area contributed by atoms with E-state index in [0.29, 0.717) is 13.0 Å². The minimum Gasteiger partial charge on any atom is -0.405 e. The van der Waals surface area contributed by atoms with E-state index >= 15 is 0 Å². The molecule has 1 saturated heterocycles. The number of para-hydroxylation sites is 1. The Morgan fingerprint density at radius 2 is 2.10 bits per heavy atom. The minimum atomic E-state index is -4.83. The van der Waals surface area contributed by atoms with Crippen LogP contribution in [0.1, 0.15) is 23.7 Å². The third kappa shape index (κ3) is 3.63. The van der Waals surface area contributed by atoms with E-state index in [4.69, 9.17) is 4.74 Å². The van der Waals surface area contributed by atoms with Crippen LogP contribution in [0.25, 0.3) is 0 Å². The molecule has 1 heterocycles. The van der Waals surface area contributed by atoms with Gasteiger partial charge in [0.1, 0.15) is 5.75 Å². The Bertz CT molecular complexity index is 490. The molecule has 2 atom stereocenters. The molecule has 1 aromatic rings. The molecule has 20 heavy (non-hydrogen) atoms. The molecule has 1 amide bonds. The van der Waals surface area contributed by atoms with Gasteiger partial charge in [0.25, 0.3) is 5.91 Å². The molecule has 0 bridgehead atoms. The lowest BCUT2D eigenvalue weighted by Crippen LogP contribution is -2.39. The molecule has 0 aromatic heterocycles. The van der Waals surface area contributed by atoms with Crippen molar-refractivity contribution in [2.45, 2.75) is 31.9 Å². The molecule has 110 valence electrons. The molecule has 7 heteroatoms. The molecule has 1 aliphatic rings. The first kappa shape index (κ1) is 14.6. The number of hydrogen-bond acceptors (Lipinski definition) is 3. The molecule has 2 rings (SSSR count). The van der Waals surface area contributed by atoms with Gasteiger partial charge in [-0.25, -0.2) is 0 Å². The highest BCUT2D eigenvalue weighted by molar-refractivity contribution is 5.97. The van der Waals surface area contributed by atoms with Crippen molar-refractivity contribution in [2.24, 2.45) is 0 Å². The number of halogens is 3. The van der Waals surface area contributed by atoms with E-state index in [1.165, 1.54) is 18.2 Å². The van der Waals surface area contributed by atoms with Gasteiger partial charge in [0, 0.05) is 6.61 Å². The highest BCUT2D eigenvalue weighted by Crippen LogP contribution is 2.26. The maximum absolute atomic E-state index is 12.3.